The summed E-state index contributed by atoms with van der Waals surface area (Å²) in [6.45, 7) is 6.06. The normalized spacial score (nSPS) is 13.4. The van der Waals surface area contributed by atoms with Crippen molar-refractivity contribution in [2.45, 2.75) is 58.5 Å². The summed E-state index contributed by atoms with van der Waals surface area (Å²) in [7, 11) is 7.16. The molecule has 0 saturated heterocycles. The van der Waals surface area contributed by atoms with Gasteiger partial charge in [-0.2, -0.15) is 0 Å². The zero-order valence-electron chi connectivity index (χ0n) is 27.1. The van der Waals surface area contributed by atoms with E-state index in [1.165, 1.54) is 27.8 Å². The van der Waals surface area contributed by atoms with E-state index in [0.29, 0.717) is 17.1 Å². The highest BCUT2D eigenvalue weighted by Gasteiger charge is 2.28. The topological polar surface area (TPSA) is 99.6 Å². The number of aromatic nitrogens is 2. The fourth-order valence-electron chi connectivity index (χ4n) is 5.63. The lowest BCUT2D eigenvalue weighted by Crippen LogP contribution is -2.41. The molecule has 2 heterocycles. The number of rotatable bonds is 9. The molecule has 2 amide bonds. The number of carbonyl (C=O) groups is 2. The van der Waals surface area contributed by atoms with Crippen LogP contribution in [0.3, 0.4) is 0 Å². The molecule has 5 rings (SSSR count). The second-order valence-electron chi connectivity index (χ2n) is 12.2. The fourth-order valence-corrected chi connectivity index (χ4v) is 6.78. The Morgan fingerprint density at radius 2 is 1.73 bits per heavy atom. The van der Waals surface area contributed by atoms with Gasteiger partial charge in [0.1, 0.15) is 6.04 Å². The molecule has 2 N–H and O–H groups in total. The van der Waals surface area contributed by atoms with Crippen molar-refractivity contribution in [3.63, 3.8) is 0 Å². The number of hydrogen-bond acceptors (Lipinski definition) is 7. The van der Waals surface area contributed by atoms with Crippen molar-refractivity contribution in [3.8, 4) is 11.3 Å². The predicted octanol–water partition coefficient (Wildman–Crippen LogP) is 6.16. The minimum absolute atomic E-state index is 0.00144. The molecular weight excluding hydrogens is 584 g/mol. The number of hydrogen-bond donors (Lipinski definition) is 2. The first kappa shape index (κ1) is 32.1. The first-order valence-corrected chi connectivity index (χ1v) is 16.2. The highest BCUT2D eigenvalue weighted by atomic mass is 32.1. The van der Waals surface area contributed by atoms with Crippen LogP contribution >= 0.6 is 11.3 Å². The van der Waals surface area contributed by atoms with Gasteiger partial charge in [-0.05, 0) is 94.5 Å². The molecule has 0 bridgehead atoms. The second kappa shape index (κ2) is 13.4. The van der Waals surface area contributed by atoms with Crippen molar-refractivity contribution in [1.82, 2.24) is 19.4 Å². The molecule has 0 saturated carbocycles. The van der Waals surface area contributed by atoms with Crippen molar-refractivity contribution in [3.05, 3.63) is 91.5 Å². The number of aryl methyl sites for hydroxylation is 3. The first-order chi connectivity index (χ1) is 21.4. The third kappa shape index (κ3) is 6.87. The summed E-state index contributed by atoms with van der Waals surface area (Å²) < 4.78 is 1.50. The van der Waals surface area contributed by atoms with Gasteiger partial charge in [-0.15, -0.1) is 11.3 Å². The van der Waals surface area contributed by atoms with Crippen LogP contribution < -0.4 is 16.2 Å². The largest absolute Gasteiger partial charge is 0.347 e. The number of likely N-dealkylation sites (N-methyl/N-ethyl adjacent to an activating group) is 2. The molecule has 10 heteroatoms. The standard InChI is InChI=1S/C35H42N6O3S/c1-21(2)41(7)31(34(43)39(4)5)23-15-17-25(18-16-23)36-32-35(44)40(6)20-28(37-32)26-12-10-13-27(22(26)3)38-33(42)30-19-24-11-8-9-14-29(24)45-30/h10,12-13,15-21,31H,8-9,11,14H2,1-7H3,(H,36,37)(H,38,42)/t31-/m0/s1. The molecule has 9 nitrogen and oxygen atoms in total. The third-order valence-corrected chi connectivity index (χ3v) is 9.77. The molecule has 0 spiro atoms. The van der Waals surface area contributed by atoms with Gasteiger partial charge in [0.2, 0.25) is 5.91 Å². The SMILES string of the molecule is Cc1c(NC(=O)c2cc3c(s2)CCCC3)cccc1-c1cn(C)c(=O)c(Nc2ccc([C@@H](C(=O)N(C)C)N(C)C(C)C)cc2)n1. The summed E-state index contributed by atoms with van der Waals surface area (Å²) in [6, 6.07) is 15.0. The van der Waals surface area contributed by atoms with E-state index < -0.39 is 6.04 Å². The minimum Gasteiger partial charge on any atom is -0.347 e. The van der Waals surface area contributed by atoms with Gasteiger partial charge in [0, 0.05) is 55.2 Å². The summed E-state index contributed by atoms with van der Waals surface area (Å²) in [4.78, 5) is 49.8. The molecule has 2 aromatic heterocycles. The Kier molecular flexibility index (Phi) is 9.55. The molecule has 1 aliphatic carbocycles. The van der Waals surface area contributed by atoms with Gasteiger partial charge in [-0.25, -0.2) is 4.98 Å². The molecule has 0 aliphatic heterocycles. The summed E-state index contributed by atoms with van der Waals surface area (Å²) in [5.74, 6) is 0.0717. The van der Waals surface area contributed by atoms with Crippen molar-refractivity contribution in [2.24, 2.45) is 7.05 Å². The number of nitrogens with zero attached hydrogens (tertiary/aromatic N) is 4. The van der Waals surface area contributed by atoms with Crippen LogP contribution in [0.2, 0.25) is 0 Å². The molecule has 0 unspecified atom stereocenters. The van der Waals surface area contributed by atoms with E-state index >= 15 is 0 Å². The maximum Gasteiger partial charge on any atom is 0.293 e. The van der Waals surface area contributed by atoms with Crippen molar-refractivity contribution in [1.29, 1.82) is 0 Å². The van der Waals surface area contributed by atoms with E-state index in [9.17, 15) is 14.4 Å². The lowest BCUT2D eigenvalue weighted by Gasteiger charge is -2.32. The van der Waals surface area contributed by atoms with E-state index in [2.05, 4.69) is 24.5 Å². The summed E-state index contributed by atoms with van der Waals surface area (Å²) in [5, 5.41) is 6.28. The Bertz CT molecular complexity index is 1750. The summed E-state index contributed by atoms with van der Waals surface area (Å²) in [5.41, 5.74) is 5.56. The maximum absolute atomic E-state index is 13.2. The van der Waals surface area contributed by atoms with E-state index in [-0.39, 0.29) is 29.2 Å². The molecule has 1 atom stereocenters. The number of nitrogens with one attached hydrogen (secondary N) is 2. The molecule has 2 aromatic carbocycles. The Labute approximate surface area is 268 Å². The van der Waals surface area contributed by atoms with Crippen LogP contribution in [0.4, 0.5) is 17.2 Å². The van der Waals surface area contributed by atoms with Crippen LogP contribution in [-0.4, -0.2) is 58.4 Å². The number of fused-ring (bicyclic) bond motifs is 1. The lowest BCUT2D eigenvalue weighted by atomic mass is 9.99. The number of thiophene rings is 1. The van der Waals surface area contributed by atoms with Gasteiger partial charge in [0.15, 0.2) is 5.82 Å². The van der Waals surface area contributed by atoms with Gasteiger partial charge >= 0.3 is 0 Å². The zero-order chi connectivity index (χ0) is 32.4. The number of benzene rings is 2. The van der Waals surface area contributed by atoms with Crippen molar-refractivity contribution >= 4 is 40.3 Å². The number of amides is 2. The van der Waals surface area contributed by atoms with Gasteiger partial charge in [-0.3, -0.25) is 19.3 Å². The van der Waals surface area contributed by atoms with Gasteiger partial charge < -0.3 is 20.1 Å². The second-order valence-corrected chi connectivity index (χ2v) is 13.4. The monoisotopic (exact) mass is 626 g/mol. The maximum atomic E-state index is 13.2. The third-order valence-electron chi connectivity index (χ3n) is 8.54. The summed E-state index contributed by atoms with van der Waals surface area (Å²) in [6.07, 6.45) is 6.15. The van der Waals surface area contributed by atoms with Gasteiger partial charge in [0.05, 0.1) is 10.6 Å². The molecular formula is C35H42N6O3S. The molecule has 1 aliphatic rings. The highest BCUT2D eigenvalue weighted by Crippen LogP contribution is 2.32. The van der Waals surface area contributed by atoms with Crippen LogP contribution in [0.15, 0.2) is 59.5 Å². The van der Waals surface area contributed by atoms with Crippen LogP contribution in [0.25, 0.3) is 11.3 Å². The predicted molar refractivity (Wildman–Crippen MR) is 183 cm³/mol. The molecule has 4 aromatic rings. The van der Waals surface area contributed by atoms with E-state index in [0.717, 1.165) is 34.4 Å². The Hall–Kier alpha value is -4.28. The van der Waals surface area contributed by atoms with Crippen LogP contribution in [0, 0.1) is 6.92 Å². The van der Waals surface area contributed by atoms with Crippen LogP contribution in [0.5, 0.6) is 0 Å². The first-order valence-electron chi connectivity index (χ1n) is 15.3. The Morgan fingerprint density at radius 3 is 2.40 bits per heavy atom. The van der Waals surface area contributed by atoms with E-state index in [4.69, 9.17) is 4.98 Å². The average molecular weight is 627 g/mol. The zero-order valence-corrected chi connectivity index (χ0v) is 27.9. The van der Waals surface area contributed by atoms with Crippen molar-refractivity contribution < 1.29 is 9.59 Å². The highest BCUT2D eigenvalue weighted by molar-refractivity contribution is 7.14. The van der Waals surface area contributed by atoms with Gasteiger partial charge in [0.25, 0.3) is 11.5 Å². The van der Waals surface area contributed by atoms with Crippen LogP contribution in [-0.2, 0) is 24.7 Å². The van der Waals surface area contributed by atoms with E-state index in [1.54, 1.807) is 43.6 Å². The van der Waals surface area contributed by atoms with Crippen molar-refractivity contribution in [2.75, 3.05) is 31.8 Å². The average Bonchev–Trinajstić information content (AvgIpc) is 3.46. The Balaban J connectivity index is 1.39. The summed E-state index contributed by atoms with van der Waals surface area (Å²) >= 11 is 1.59. The molecule has 0 fully saturated rings. The molecule has 45 heavy (non-hydrogen) atoms. The minimum atomic E-state index is -0.427. The molecule has 0 radical (unpaired) electrons. The lowest BCUT2D eigenvalue weighted by molar-refractivity contribution is -0.134. The quantitative estimate of drug-likeness (QED) is 0.231. The number of anilines is 3. The number of carbonyl (C=O) groups excluding carboxylic acids is 2. The van der Waals surface area contributed by atoms with Crippen LogP contribution in [0.1, 0.15) is 64.0 Å². The Morgan fingerprint density at radius 1 is 1.02 bits per heavy atom. The van der Waals surface area contributed by atoms with Gasteiger partial charge in [-0.1, -0.05) is 24.3 Å². The molecule has 236 valence electrons. The smallest absolute Gasteiger partial charge is 0.293 e. The fraction of sp³-hybridized carbons (Fsp3) is 0.371. The van der Waals surface area contributed by atoms with E-state index in [1.807, 2.05) is 67.4 Å².